The van der Waals surface area contributed by atoms with Crippen LogP contribution in [0.4, 0.5) is 13.2 Å². The molecule has 2 atom stereocenters. The highest BCUT2D eigenvalue weighted by atomic mass is 19.4. The van der Waals surface area contributed by atoms with E-state index in [-0.39, 0.29) is 37.9 Å². The van der Waals surface area contributed by atoms with E-state index in [0.717, 1.165) is 10.7 Å². The molecule has 9 heteroatoms. The summed E-state index contributed by atoms with van der Waals surface area (Å²) >= 11 is 0. The molecule has 0 aliphatic carbocycles. The van der Waals surface area contributed by atoms with E-state index in [2.05, 4.69) is 5.10 Å². The molecule has 1 aromatic heterocycles. The monoisotopic (exact) mass is 381 g/mol. The van der Waals surface area contributed by atoms with Crippen molar-refractivity contribution in [2.45, 2.75) is 71.2 Å². The van der Waals surface area contributed by atoms with Gasteiger partial charge >= 0.3 is 6.18 Å². The molecule has 0 saturated carbocycles. The number of alkyl halides is 3. The molecule has 0 fully saturated rings. The van der Waals surface area contributed by atoms with E-state index in [1.54, 1.807) is 0 Å². The van der Waals surface area contributed by atoms with Crippen molar-refractivity contribution in [3.8, 4) is 0 Å². The molecule has 1 aromatic rings. The van der Waals surface area contributed by atoms with E-state index in [9.17, 15) is 23.4 Å². The maximum absolute atomic E-state index is 12.6. The number of aromatic nitrogens is 2. The summed E-state index contributed by atoms with van der Waals surface area (Å²) < 4.78 is 44.3. The molecule has 26 heavy (non-hydrogen) atoms. The number of ether oxygens (including phenoxy) is 1. The molecule has 1 heterocycles. The van der Waals surface area contributed by atoms with Crippen LogP contribution >= 0.6 is 0 Å². The van der Waals surface area contributed by atoms with Crippen LogP contribution in [0.5, 0.6) is 0 Å². The number of hydrogen-bond donors (Lipinski definition) is 2. The van der Waals surface area contributed by atoms with Crippen LogP contribution in [0.2, 0.25) is 0 Å². The molecule has 1 rings (SSSR count). The Hall–Kier alpha value is -1.16. The van der Waals surface area contributed by atoms with Gasteiger partial charge in [0.2, 0.25) is 0 Å². The molecule has 0 aromatic carbocycles. The van der Waals surface area contributed by atoms with E-state index >= 15 is 0 Å². The van der Waals surface area contributed by atoms with Gasteiger partial charge < -0.3 is 14.9 Å². The molecule has 0 bridgehead atoms. The van der Waals surface area contributed by atoms with Gasteiger partial charge in [-0.05, 0) is 40.7 Å². The summed E-state index contributed by atoms with van der Waals surface area (Å²) in [6.45, 7) is 10.1. The van der Waals surface area contributed by atoms with Gasteiger partial charge in [0.05, 0.1) is 31.0 Å². The molecule has 6 nitrogen and oxygen atoms in total. The minimum absolute atomic E-state index is 0.0392. The van der Waals surface area contributed by atoms with E-state index in [1.165, 1.54) is 6.20 Å². The van der Waals surface area contributed by atoms with Crippen molar-refractivity contribution < 1.29 is 28.1 Å². The molecule has 2 N–H and O–H groups in total. The number of aliphatic hydroxyl groups is 2. The van der Waals surface area contributed by atoms with Crippen LogP contribution in [0.25, 0.3) is 0 Å². The molecule has 152 valence electrons. The van der Waals surface area contributed by atoms with Crippen LogP contribution in [0.1, 0.15) is 40.3 Å². The summed E-state index contributed by atoms with van der Waals surface area (Å²) in [5, 5.41) is 23.8. The van der Waals surface area contributed by atoms with E-state index < -0.39 is 24.1 Å². The Morgan fingerprint density at radius 2 is 1.73 bits per heavy atom. The first-order chi connectivity index (χ1) is 11.8. The fourth-order valence-electron chi connectivity index (χ4n) is 2.32. The van der Waals surface area contributed by atoms with Crippen LogP contribution < -0.4 is 0 Å². The third kappa shape index (κ3) is 8.48. The molecular weight excluding hydrogens is 351 g/mol. The standard InChI is InChI=1S/C17H30F3N3O3/c1-12(2)22(9-14(25)11-26-16(3,4)5)8-13(24)10-23-7-6-15(21-23)17(18,19)20/h6-7,12-14,24-25H,8-11H2,1-5H3. The minimum atomic E-state index is -4.50. The highest BCUT2D eigenvalue weighted by molar-refractivity contribution is 5.03. The third-order valence-electron chi connectivity index (χ3n) is 3.66. The smallest absolute Gasteiger partial charge is 0.390 e. The molecule has 0 amide bonds. The Balaban J connectivity index is 2.56. The average Bonchev–Trinajstić information content (AvgIpc) is 2.92. The lowest BCUT2D eigenvalue weighted by Gasteiger charge is -2.31. The largest absolute Gasteiger partial charge is 0.435 e. The SMILES string of the molecule is CC(C)N(CC(O)COC(C)(C)C)CC(O)Cn1ccc(C(F)(F)F)n1. The van der Waals surface area contributed by atoms with Crippen molar-refractivity contribution in [1.29, 1.82) is 0 Å². The van der Waals surface area contributed by atoms with Crippen LogP contribution in [-0.2, 0) is 17.5 Å². The highest BCUT2D eigenvalue weighted by Gasteiger charge is 2.33. The predicted molar refractivity (Wildman–Crippen MR) is 91.7 cm³/mol. The summed E-state index contributed by atoms with van der Waals surface area (Å²) in [4.78, 5) is 1.86. The zero-order valence-corrected chi connectivity index (χ0v) is 16.0. The van der Waals surface area contributed by atoms with Crippen LogP contribution in [0, 0.1) is 0 Å². The lowest BCUT2D eigenvalue weighted by molar-refractivity contribution is -0.141. The zero-order chi connectivity index (χ0) is 20.1. The van der Waals surface area contributed by atoms with Gasteiger partial charge in [0.1, 0.15) is 0 Å². The number of halogens is 3. The quantitative estimate of drug-likeness (QED) is 0.686. The Kier molecular flexibility index (Phi) is 8.06. The number of nitrogens with zero attached hydrogens (tertiary/aromatic N) is 3. The number of rotatable bonds is 9. The summed E-state index contributed by atoms with van der Waals surface area (Å²) in [7, 11) is 0. The fourth-order valence-corrected chi connectivity index (χ4v) is 2.32. The second kappa shape index (κ2) is 9.16. The normalized spacial score (nSPS) is 15.7. The maximum Gasteiger partial charge on any atom is 0.435 e. The lowest BCUT2D eigenvalue weighted by Crippen LogP contribution is -2.44. The van der Waals surface area contributed by atoms with Gasteiger partial charge in [0.15, 0.2) is 5.69 Å². The number of hydrogen-bond acceptors (Lipinski definition) is 5. The fraction of sp³-hybridized carbons (Fsp3) is 0.824. The Labute approximate surface area is 152 Å². The first-order valence-corrected chi connectivity index (χ1v) is 8.62. The van der Waals surface area contributed by atoms with Crippen LogP contribution in [0.15, 0.2) is 12.3 Å². The van der Waals surface area contributed by atoms with Gasteiger partial charge in [0, 0.05) is 25.3 Å². The van der Waals surface area contributed by atoms with E-state index in [4.69, 9.17) is 4.74 Å². The zero-order valence-electron chi connectivity index (χ0n) is 16.0. The summed E-state index contributed by atoms with van der Waals surface area (Å²) in [6.07, 6.45) is -4.96. The molecule has 0 radical (unpaired) electrons. The first kappa shape index (κ1) is 22.9. The Bertz CT molecular complexity index is 541. The summed E-state index contributed by atoms with van der Waals surface area (Å²) in [5.74, 6) is 0. The van der Waals surface area contributed by atoms with Gasteiger partial charge in [-0.25, -0.2) is 0 Å². The van der Waals surface area contributed by atoms with Crippen molar-refractivity contribution in [2.24, 2.45) is 0 Å². The summed E-state index contributed by atoms with van der Waals surface area (Å²) in [6, 6.07) is 0.915. The topological polar surface area (TPSA) is 70.8 Å². The van der Waals surface area contributed by atoms with E-state index in [0.29, 0.717) is 0 Å². The predicted octanol–water partition coefficient (Wildman–Crippen LogP) is 2.15. The second-order valence-electron chi connectivity index (χ2n) is 7.70. The minimum Gasteiger partial charge on any atom is -0.390 e. The lowest BCUT2D eigenvalue weighted by atomic mass is 10.2. The molecule has 0 aliphatic rings. The first-order valence-electron chi connectivity index (χ1n) is 8.62. The van der Waals surface area contributed by atoms with Gasteiger partial charge in [-0.1, -0.05) is 0 Å². The second-order valence-corrected chi connectivity index (χ2v) is 7.70. The van der Waals surface area contributed by atoms with Crippen LogP contribution in [0.3, 0.4) is 0 Å². The number of aliphatic hydroxyl groups excluding tert-OH is 2. The Morgan fingerprint density at radius 1 is 1.15 bits per heavy atom. The van der Waals surface area contributed by atoms with Crippen LogP contribution in [-0.4, -0.2) is 68.4 Å². The third-order valence-corrected chi connectivity index (χ3v) is 3.66. The molecule has 0 spiro atoms. The van der Waals surface area contributed by atoms with Crippen molar-refractivity contribution in [3.63, 3.8) is 0 Å². The average molecular weight is 381 g/mol. The maximum atomic E-state index is 12.6. The highest BCUT2D eigenvalue weighted by Crippen LogP contribution is 2.27. The van der Waals surface area contributed by atoms with Gasteiger partial charge in [0.25, 0.3) is 0 Å². The van der Waals surface area contributed by atoms with Gasteiger partial charge in [-0.3, -0.25) is 9.58 Å². The van der Waals surface area contributed by atoms with Gasteiger partial charge in [-0.2, -0.15) is 18.3 Å². The van der Waals surface area contributed by atoms with Crippen molar-refractivity contribution in [2.75, 3.05) is 19.7 Å². The Morgan fingerprint density at radius 3 is 2.19 bits per heavy atom. The molecule has 0 saturated heterocycles. The van der Waals surface area contributed by atoms with Crippen molar-refractivity contribution in [1.82, 2.24) is 14.7 Å². The molecule has 2 unspecified atom stereocenters. The van der Waals surface area contributed by atoms with E-state index in [1.807, 2.05) is 39.5 Å². The van der Waals surface area contributed by atoms with Gasteiger partial charge in [-0.15, -0.1) is 0 Å². The molecule has 0 aliphatic heterocycles. The van der Waals surface area contributed by atoms with Crippen molar-refractivity contribution in [3.05, 3.63) is 18.0 Å². The molecular formula is C17H30F3N3O3. The summed E-state index contributed by atoms with van der Waals surface area (Å²) in [5.41, 5.74) is -1.35. The van der Waals surface area contributed by atoms with Crippen molar-refractivity contribution >= 4 is 0 Å².